The van der Waals surface area contributed by atoms with E-state index in [4.69, 9.17) is 11.6 Å². The van der Waals surface area contributed by atoms with Gasteiger partial charge in [0, 0.05) is 19.2 Å². The highest BCUT2D eigenvalue weighted by atomic mass is 35.5. The van der Waals surface area contributed by atoms with Crippen LogP contribution >= 0.6 is 11.6 Å². The SMILES string of the molecule is Cc1nc(Cl)c(C)c(N(C)CC2CCC2)n1. The molecule has 0 unspecified atom stereocenters. The molecule has 3 nitrogen and oxygen atoms in total. The minimum absolute atomic E-state index is 0.572. The van der Waals surface area contributed by atoms with Crippen LogP contribution in [0.4, 0.5) is 5.82 Å². The van der Waals surface area contributed by atoms with Crippen molar-refractivity contribution < 1.29 is 0 Å². The van der Waals surface area contributed by atoms with Gasteiger partial charge in [-0.25, -0.2) is 9.97 Å². The van der Waals surface area contributed by atoms with Gasteiger partial charge in [0.2, 0.25) is 0 Å². The molecule has 1 fully saturated rings. The zero-order valence-corrected chi connectivity index (χ0v) is 10.9. The molecule has 1 aromatic rings. The van der Waals surface area contributed by atoms with Gasteiger partial charge in [0.25, 0.3) is 0 Å². The summed E-state index contributed by atoms with van der Waals surface area (Å²) < 4.78 is 0. The number of aromatic nitrogens is 2. The van der Waals surface area contributed by atoms with Crippen LogP contribution in [0.2, 0.25) is 5.15 Å². The number of hydrogen-bond acceptors (Lipinski definition) is 3. The van der Waals surface area contributed by atoms with E-state index >= 15 is 0 Å². The molecule has 1 saturated carbocycles. The molecule has 0 N–H and O–H groups in total. The predicted molar refractivity (Wildman–Crippen MR) is 67.1 cm³/mol. The van der Waals surface area contributed by atoms with E-state index in [1.807, 2.05) is 13.8 Å². The molecule has 0 atom stereocenters. The van der Waals surface area contributed by atoms with Crippen LogP contribution in [0.1, 0.15) is 30.7 Å². The molecule has 4 heteroatoms. The van der Waals surface area contributed by atoms with Crippen molar-refractivity contribution >= 4 is 17.4 Å². The van der Waals surface area contributed by atoms with Crippen LogP contribution in [0, 0.1) is 19.8 Å². The maximum absolute atomic E-state index is 6.07. The molecule has 0 spiro atoms. The van der Waals surface area contributed by atoms with Gasteiger partial charge in [-0.15, -0.1) is 0 Å². The van der Waals surface area contributed by atoms with E-state index in [1.54, 1.807) is 0 Å². The Labute approximate surface area is 102 Å². The molecule has 1 aliphatic carbocycles. The Hall–Kier alpha value is -0.830. The van der Waals surface area contributed by atoms with Crippen molar-refractivity contribution in [3.63, 3.8) is 0 Å². The Kier molecular flexibility index (Phi) is 3.33. The van der Waals surface area contributed by atoms with E-state index in [0.717, 1.165) is 29.7 Å². The zero-order valence-electron chi connectivity index (χ0n) is 10.1. The maximum Gasteiger partial charge on any atom is 0.137 e. The highest BCUT2D eigenvalue weighted by Gasteiger charge is 2.21. The summed E-state index contributed by atoms with van der Waals surface area (Å²) in [6.45, 7) is 4.94. The molecule has 1 heterocycles. The third-order valence-corrected chi connectivity index (χ3v) is 3.66. The van der Waals surface area contributed by atoms with Crippen LogP contribution in [0.5, 0.6) is 0 Å². The summed E-state index contributed by atoms with van der Waals surface area (Å²) in [5, 5.41) is 0.572. The number of nitrogens with zero attached hydrogens (tertiary/aromatic N) is 3. The third kappa shape index (κ3) is 2.29. The van der Waals surface area contributed by atoms with Crippen molar-refractivity contribution in [2.75, 3.05) is 18.5 Å². The predicted octanol–water partition coefficient (Wildman–Crippen LogP) is 2.98. The van der Waals surface area contributed by atoms with E-state index in [9.17, 15) is 0 Å². The van der Waals surface area contributed by atoms with Crippen LogP contribution in [-0.4, -0.2) is 23.6 Å². The van der Waals surface area contributed by atoms with Gasteiger partial charge in [-0.05, 0) is 32.6 Å². The lowest BCUT2D eigenvalue weighted by molar-refractivity contribution is 0.321. The lowest BCUT2D eigenvalue weighted by atomic mass is 9.85. The normalized spacial score (nSPS) is 16.0. The minimum Gasteiger partial charge on any atom is -0.359 e. The van der Waals surface area contributed by atoms with Gasteiger partial charge in [-0.2, -0.15) is 0 Å². The van der Waals surface area contributed by atoms with Crippen molar-refractivity contribution in [3.8, 4) is 0 Å². The number of halogens is 1. The summed E-state index contributed by atoms with van der Waals surface area (Å²) in [5.74, 6) is 2.55. The van der Waals surface area contributed by atoms with Crippen molar-refractivity contribution in [1.82, 2.24) is 9.97 Å². The van der Waals surface area contributed by atoms with E-state index in [1.165, 1.54) is 19.3 Å². The average molecular weight is 240 g/mol. The molecule has 0 aliphatic heterocycles. The fourth-order valence-corrected chi connectivity index (χ4v) is 2.31. The average Bonchev–Trinajstić information content (AvgIpc) is 2.17. The van der Waals surface area contributed by atoms with Gasteiger partial charge in [0.15, 0.2) is 0 Å². The number of aryl methyl sites for hydroxylation is 1. The molecule has 1 aliphatic rings. The molecule has 0 saturated heterocycles. The van der Waals surface area contributed by atoms with Crippen molar-refractivity contribution in [2.45, 2.75) is 33.1 Å². The summed E-state index contributed by atoms with van der Waals surface area (Å²) in [7, 11) is 2.09. The van der Waals surface area contributed by atoms with E-state index in [2.05, 4.69) is 21.9 Å². The first-order valence-corrected chi connectivity index (χ1v) is 6.17. The van der Waals surface area contributed by atoms with Gasteiger partial charge in [-0.3, -0.25) is 0 Å². The first-order chi connectivity index (χ1) is 7.58. The standard InChI is InChI=1S/C12H18ClN3/c1-8-11(13)14-9(2)15-12(8)16(3)7-10-5-4-6-10/h10H,4-7H2,1-3H3. The van der Waals surface area contributed by atoms with Gasteiger partial charge in [0.1, 0.15) is 16.8 Å². The lowest BCUT2D eigenvalue weighted by Gasteiger charge is -2.31. The number of rotatable bonds is 3. The molecule has 1 aromatic heterocycles. The monoisotopic (exact) mass is 239 g/mol. The van der Waals surface area contributed by atoms with Gasteiger partial charge < -0.3 is 4.90 Å². The fourth-order valence-electron chi connectivity index (χ4n) is 2.10. The topological polar surface area (TPSA) is 29.0 Å². The van der Waals surface area contributed by atoms with Crippen molar-refractivity contribution in [2.24, 2.45) is 5.92 Å². The van der Waals surface area contributed by atoms with Gasteiger partial charge in [-0.1, -0.05) is 18.0 Å². The summed E-state index contributed by atoms with van der Waals surface area (Å²) in [6.07, 6.45) is 4.07. The zero-order chi connectivity index (χ0) is 11.7. The molecule has 0 radical (unpaired) electrons. The Morgan fingerprint density at radius 2 is 2.00 bits per heavy atom. The van der Waals surface area contributed by atoms with Crippen LogP contribution in [-0.2, 0) is 0 Å². The second kappa shape index (κ2) is 4.58. The van der Waals surface area contributed by atoms with Crippen LogP contribution in [0.25, 0.3) is 0 Å². The van der Waals surface area contributed by atoms with E-state index in [-0.39, 0.29) is 0 Å². The fraction of sp³-hybridized carbons (Fsp3) is 0.667. The van der Waals surface area contributed by atoms with Gasteiger partial charge in [0.05, 0.1) is 0 Å². The Morgan fingerprint density at radius 3 is 2.56 bits per heavy atom. The third-order valence-electron chi connectivity index (χ3n) is 3.29. The molecule has 2 rings (SSSR count). The Balaban J connectivity index is 2.17. The summed E-state index contributed by atoms with van der Waals surface area (Å²) >= 11 is 6.07. The highest BCUT2D eigenvalue weighted by Crippen LogP contribution is 2.29. The van der Waals surface area contributed by atoms with Crippen molar-refractivity contribution in [3.05, 3.63) is 16.5 Å². The number of hydrogen-bond donors (Lipinski definition) is 0. The number of anilines is 1. The summed E-state index contributed by atoms with van der Waals surface area (Å²) in [4.78, 5) is 10.8. The quantitative estimate of drug-likeness (QED) is 0.760. The molecule has 88 valence electrons. The first-order valence-electron chi connectivity index (χ1n) is 5.80. The smallest absolute Gasteiger partial charge is 0.137 e. The lowest BCUT2D eigenvalue weighted by Crippen LogP contribution is -2.30. The molecular formula is C12H18ClN3. The molecule has 16 heavy (non-hydrogen) atoms. The van der Waals surface area contributed by atoms with E-state index < -0.39 is 0 Å². The summed E-state index contributed by atoms with van der Waals surface area (Å²) in [6, 6.07) is 0. The first kappa shape index (κ1) is 11.6. The van der Waals surface area contributed by atoms with Crippen LogP contribution < -0.4 is 4.90 Å². The highest BCUT2D eigenvalue weighted by molar-refractivity contribution is 6.30. The Bertz CT molecular complexity index is 388. The van der Waals surface area contributed by atoms with Crippen molar-refractivity contribution in [1.29, 1.82) is 0 Å². The molecule has 0 bridgehead atoms. The second-order valence-corrected chi connectivity index (χ2v) is 5.05. The molecule has 0 aromatic carbocycles. The van der Waals surface area contributed by atoms with Crippen LogP contribution in [0.3, 0.4) is 0 Å². The van der Waals surface area contributed by atoms with E-state index in [0.29, 0.717) is 5.15 Å². The van der Waals surface area contributed by atoms with Crippen LogP contribution in [0.15, 0.2) is 0 Å². The Morgan fingerprint density at radius 1 is 1.31 bits per heavy atom. The summed E-state index contributed by atoms with van der Waals surface area (Å²) in [5.41, 5.74) is 0.981. The molecule has 0 amide bonds. The maximum atomic E-state index is 6.07. The van der Waals surface area contributed by atoms with Gasteiger partial charge >= 0.3 is 0 Å². The molecular weight excluding hydrogens is 222 g/mol. The second-order valence-electron chi connectivity index (χ2n) is 4.69. The largest absolute Gasteiger partial charge is 0.359 e. The minimum atomic E-state index is 0.572.